The van der Waals surface area contributed by atoms with Crippen LogP contribution >= 0.6 is 0 Å². The maximum atomic E-state index is 14.3. The minimum absolute atomic E-state index is 0.0135. The summed E-state index contributed by atoms with van der Waals surface area (Å²) in [6, 6.07) is 0. The number of ketones is 1. The van der Waals surface area contributed by atoms with Gasteiger partial charge in [-0.1, -0.05) is 54.0 Å². The summed E-state index contributed by atoms with van der Waals surface area (Å²) in [6.45, 7) is 20.9. The number of ether oxygens (including phenoxy) is 1. The van der Waals surface area contributed by atoms with Gasteiger partial charge in [-0.25, -0.2) is 0 Å². The maximum Gasteiger partial charge on any atom is 0.309 e. The van der Waals surface area contributed by atoms with Gasteiger partial charge < -0.3 is 24.7 Å². The van der Waals surface area contributed by atoms with Crippen molar-refractivity contribution < 1.29 is 38.9 Å². The number of carboxylic acid groups (broad SMARTS) is 1. The minimum atomic E-state index is -1.18. The molecule has 0 aromatic carbocycles. The quantitative estimate of drug-likeness (QED) is 0.193. The number of aliphatic carboxylic acids is 1. The summed E-state index contributed by atoms with van der Waals surface area (Å²) >= 11 is 0. The highest BCUT2D eigenvalue weighted by Gasteiger charge is 2.71. The number of likely N-dealkylation sites (tertiary alicyclic amines) is 1. The predicted octanol–water partition coefficient (Wildman–Crippen LogP) is 7.60. The molecule has 0 aromatic rings. The van der Waals surface area contributed by atoms with Gasteiger partial charge >= 0.3 is 11.9 Å². The predicted molar refractivity (Wildman–Crippen MR) is 216 cm³/mol. The van der Waals surface area contributed by atoms with Gasteiger partial charge in [0.1, 0.15) is 6.10 Å². The zero-order valence-electron chi connectivity index (χ0n) is 36.5. The van der Waals surface area contributed by atoms with Gasteiger partial charge in [-0.05, 0) is 136 Å². The monoisotopic (exact) mass is 793 g/mol. The topological polar surface area (TPSA) is 142 Å². The SMILES string of the molecule is CC(C)C1=C2C3CCC4C5(C)CCC(OC(=O)CC(C)(C)C(=O)O)C(C)(C)C5CCC4(C)C3(C)CCC2(C(O)CN(CC2CC2)C(=O)CN2CCCC2=O)CC1=O. The lowest BCUT2D eigenvalue weighted by atomic mass is 9.33. The molecule has 10 nitrogen and oxygen atoms in total. The molecule has 2 N–H and O–H groups in total. The smallest absolute Gasteiger partial charge is 0.309 e. The second-order valence-corrected chi connectivity index (χ2v) is 22.2. The first kappa shape index (κ1) is 42.4. The number of aliphatic hydroxyl groups is 1. The molecule has 9 atom stereocenters. The van der Waals surface area contributed by atoms with Crippen LogP contribution in [0.4, 0.5) is 0 Å². The molecule has 1 aliphatic heterocycles. The highest BCUT2D eigenvalue weighted by Crippen LogP contribution is 2.77. The Morgan fingerprint density at radius 2 is 1.61 bits per heavy atom. The number of amides is 2. The Kier molecular flexibility index (Phi) is 10.8. The number of rotatable bonds is 12. The number of nitrogens with zero attached hydrogens (tertiary/aromatic N) is 2. The number of allylic oxidation sites excluding steroid dienone is 1. The summed E-state index contributed by atoms with van der Waals surface area (Å²) in [7, 11) is 0. The number of fused-ring (bicyclic) bond motifs is 7. The molecule has 1 heterocycles. The van der Waals surface area contributed by atoms with E-state index in [0.29, 0.717) is 50.1 Å². The third-order valence-electron chi connectivity index (χ3n) is 17.9. The van der Waals surface area contributed by atoms with Crippen LogP contribution in [0.1, 0.15) is 152 Å². The highest BCUT2D eigenvalue weighted by atomic mass is 16.5. The molecular weight excluding hydrogens is 721 g/mol. The number of hydrogen-bond acceptors (Lipinski definition) is 7. The second-order valence-electron chi connectivity index (χ2n) is 22.2. The molecule has 0 spiro atoms. The standard InChI is InChI=1S/C47H72N2O8/c1-28(2)39-31(50)23-47(34(51)26-49(25-29-12-13-29)37(53)27-48-22-10-11-36(48)52)21-20-45(8)30(40(39)47)14-15-33-44(7)18-17-35(57-38(54)24-42(3,4)41(55)56)43(5,6)32(44)16-19-46(33,45)9/h28-30,32-35,51H,10-27H2,1-9H3,(H,55,56). The average Bonchev–Trinajstić information content (AvgIpc) is 3.75. The fraction of sp³-hybridized carbons (Fsp3) is 0.851. The lowest BCUT2D eigenvalue weighted by molar-refractivity contribution is -0.235. The van der Waals surface area contributed by atoms with Crippen LogP contribution in [-0.4, -0.2) is 87.9 Å². The minimum Gasteiger partial charge on any atom is -0.481 e. The lowest BCUT2D eigenvalue weighted by Crippen LogP contribution is -2.66. The van der Waals surface area contributed by atoms with E-state index in [2.05, 4.69) is 48.5 Å². The van der Waals surface area contributed by atoms with Gasteiger partial charge in [-0.2, -0.15) is 0 Å². The van der Waals surface area contributed by atoms with E-state index in [9.17, 15) is 34.2 Å². The van der Waals surface area contributed by atoms with Crippen LogP contribution in [0.25, 0.3) is 0 Å². The van der Waals surface area contributed by atoms with E-state index in [1.54, 1.807) is 18.7 Å². The van der Waals surface area contributed by atoms with Crippen molar-refractivity contribution in [3.63, 3.8) is 0 Å². The van der Waals surface area contributed by atoms with Crippen molar-refractivity contribution in [2.75, 3.05) is 26.2 Å². The van der Waals surface area contributed by atoms with Crippen LogP contribution in [-0.2, 0) is 28.7 Å². The number of carbonyl (C=O) groups is 5. The first-order valence-electron chi connectivity index (χ1n) is 22.5. The first-order chi connectivity index (χ1) is 26.5. The molecule has 57 heavy (non-hydrogen) atoms. The summed E-state index contributed by atoms with van der Waals surface area (Å²) < 4.78 is 6.18. The van der Waals surface area contributed by atoms with Crippen LogP contribution in [0.2, 0.25) is 0 Å². The van der Waals surface area contributed by atoms with E-state index < -0.39 is 28.9 Å². The molecule has 0 bridgehead atoms. The van der Waals surface area contributed by atoms with E-state index in [1.807, 2.05) is 4.90 Å². The molecule has 2 amide bonds. The van der Waals surface area contributed by atoms with Crippen molar-refractivity contribution in [1.29, 1.82) is 0 Å². The Morgan fingerprint density at radius 3 is 2.23 bits per heavy atom. The van der Waals surface area contributed by atoms with E-state index in [4.69, 9.17) is 4.74 Å². The van der Waals surface area contributed by atoms with Gasteiger partial charge in [0, 0.05) is 43.3 Å². The molecule has 7 rings (SSSR count). The third-order valence-corrected chi connectivity index (χ3v) is 17.9. The molecule has 0 aromatic heterocycles. The van der Waals surface area contributed by atoms with E-state index >= 15 is 0 Å². The van der Waals surface area contributed by atoms with Crippen molar-refractivity contribution in [2.24, 2.45) is 62.1 Å². The molecule has 318 valence electrons. The zero-order chi connectivity index (χ0) is 41.7. The zero-order valence-corrected chi connectivity index (χ0v) is 36.5. The molecule has 6 aliphatic carbocycles. The first-order valence-corrected chi connectivity index (χ1v) is 22.5. The number of carbonyl (C=O) groups excluding carboxylic acids is 4. The van der Waals surface area contributed by atoms with Crippen LogP contribution in [0.3, 0.4) is 0 Å². The Balaban J connectivity index is 1.15. The number of esters is 1. The lowest BCUT2D eigenvalue weighted by Gasteiger charge is -2.72. The van der Waals surface area contributed by atoms with E-state index in [0.717, 1.165) is 69.8 Å². The molecule has 9 unspecified atom stereocenters. The number of carboxylic acids is 1. The van der Waals surface area contributed by atoms with Crippen molar-refractivity contribution >= 4 is 29.5 Å². The summed E-state index contributed by atoms with van der Waals surface area (Å²) in [5, 5.41) is 22.2. The Hall–Kier alpha value is -2.75. The average molecular weight is 793 g/mol. The van der Waals surface area contributed by atoms with Gasteiger partial charge in [0.15, 0.2) is 5.78 Å². The second kappa shape index (κ2) is 14.5. The van der Waals surface area contributed by atoms with Crippen LogP contribution in [0.15, 0.2) is 11.1 Å². The molecule has 5 saturated carbocycles. The Labute approximate surface area is 341 Å². The fourth-order valence-corrected chi connectivity index (χ4v) is 14.3. The maximum absolute atomic E-state index is 14.3. The summed E-state index contributed by atoms with van der Waals surface area (Å²) in [5.41, 5.74) is -0.135. The van der Waals surface area contributed by atoms with Crippen molar-refractivity contribution in [3.05, 3.63) is 11.1 Å². The molecule has 6 fully saturated rings. The van der Waals surface area contributed by atoms with Crippen molar-refractivity contribution in [1.82, 2.24) is 9.80 Å². The number of hydrogen-bond donors (Lipinski definition) is 2. The fourth-order valence-electron chi connectivity index (χ4n) is 14.3. The van der Waals surface area contributed by atoms with Crippen molar-refractivity contribution in [2.45, 2.75) is 164 Å². The Morgan fingerprint density at radius 1 is 0.912 bits per heavy atom. The van der Waals surface area contributed by atoms with Crippen LogP contribution in [0.5, 0.6) is 0 Å². The van der Waals surface area contributed by atoms with Crippen LogP contribution < -0.4 is 0 Å². The van der Waals surface area contributed by atoms with E-state index in [-0.39, 0.29) is 76.7 Å². The molecule has 7 aliphatic rings. The van der Waals surface area contributed by atoms with Gasteiger partial charge in [0.05, 0.1) is 24.5 Å². The normalized spacial score (nSPS) is 38.0. The summed E-state index contributed by atoms with van der Waals surface area (Å²) in [5.74, 6) is 0.0346. The molecular formula is C47H72N2O8. The van der Waals surface area contributed by atoms with Gasteiger partial charge in [0.2, 0.25) is 11.8 Å². The summed E-state index contributed by atoms with van der Waals surface area (Å²) in [4.78, 5) is 69.1. The van der Waals surface area contributed by atoms with Gasteiger partial charge in [-0.3, -0.25) is 24.0 Å². The molecule has 10 heteroatoms. The third kappa shape index (κ3) is 6.82. The van der Waals surface area contributed by atoms with Crippen LogP contribution in [0, 0.1) is 62.1 Å². The number of aliphatic hydroxyl groups excluding tert-OH is 1. The molecule has 1 saturated heterocycles. The summed E-state index contributed by atoms with van der Waals surface area (Å²) in [6.07, 6.45) is 9.76. The van der Waals surface area contributed by atoms with E-state index in [1.165, 1.54) is 5.57 Å². The largest absolute Gasteiger partial charge is 0.481 e. The molecule has 0 radical (unpaired) electrons. The number of Topliss-reactive ketones (excluding diaryl/α,β-unsaturated/α-hetero) is 1. The van der Waals surface area contributed by atoms with Gasteiger partial charge in [0.25, 0.3) is 0 Å². The Bertz CT molecular complexity index is 1710. The van der Waals surface area contributed by atoms with Gasteiger partial charge in [-0.15, -0.1) is 0 Å². The van der Waals surface area contributed by atoms with Crippen molar-refractivity contribution in [3.8, 4) is 0 Å². The highest BCUT2D eigenvalue weighted by molar-refractivity contribution is 6.01.